The minimum Gasteiger partial charge on any atom is -0.494 e. The molecule has 0 radical (unpaired) electrons. The van der Waals surface area contributed by atoms with Crippen molar-refractivity contribution in [1.29, 1.82) is 0 Å². The zero-order chi connectivity index (χ0) is 19.7. The van der Waals surface area contributed by atoms with Crippen molar-refractivity contribution < 1.29 is 14.3 Å². The minimum absolute atomic E-state index is 0.126. The zero-order valence-electron chi connectivity index (χ0n) is 16.8. The number of benzene rings is 1. The van der Waals surface area contributed by atoms with Crippen LogP contribution in [0.2, 0.25) is 0 Å². The molecule has 2 fully saturated rings. The zero-order valence-corrected chi connectivity index (χ0v) is 16.8. The van der Waals surface area contributed by atoms with Crippen molar-refractivity contribution in [2.24, 2.45) is 5.41 Å². The van der Waals surface area contributed by atoms with Crippen LogP contribution in [0.3, 0.4) is 0 Å². The minimum atomic E-state index is -0.126. The number of carbonyl (C=O) groups is 1. The molecule has 1 aromatic heterocycles. The van der Waals surface area contributed by atoms with E-state index in [1.54, 1.807) is 13.3 Å². The number of aromatic nitrogens is 2. The van der Waals surface area contributed by atoms with Gasteiger partial charge in [0, 0.05) is 26.3 Å². The predicted octanol–water partition coefficient (Wildman–Crippen LogP) is 3.80. The third-order valence-electron chi connectivity index (χ3n) is 5.77. The fourth-order valence-electron chi connectivity index (χ4n) is 4.13. The van der Waals surface area contributed by atoms with Crippen LogP contribution < -0.4 is 10.1 Å². The molecule has 2 saturated heterocycles. The lowest BCUT2D eigenvalue weighted by atomic mass is 9.90. The molecule has 0 spiro atoms. The van der Waals surface area contributed by atoms with Crippen LogP contribution in [0.25, 0.3) is 11.0 Å². The van der Waals surface area contributed by atoms with E-state index in [1.807, 2.05) is 11.0 Å². The van der Waals surface area contributed by atoms with Crippen molar-refractivity contribution >= 4 is 22.9 Å². The fraction of sp³-hybridized carbons (Fsp3) is 0.571. The largest absolute Gasteiger partial charge is 0.494 e. The van der Waals surface area contributed by atoms with Crippen LogP contribution in [-0.2, 0) is 4.74 Å². The van der Waals surface area contributed by atoms with Gasteiger partial charge in [-0.15, -0.1) is 0 Å². The summed E-state index contributed by atoms with van der Waals surface area (Å²) >= 11 is 0. The van der Waals surface area contributed by atoms with Crippen LogP contribution in [0.15, 0.2) is 18.3 Å². The Bertz CT molecular complexity index is 877. The third-order valence-corrected chi connectivity index (χ3v) is 5.77. The molecule has 150 valence electrons. The number of urea groups is 1. The van der Waals surface area contributed by atoms with Gasteiger partial charge in [-0.25, -0.2) is 9.78 Å². The summed E-state index contributed by atoms with van der Waals surface area (Å²) in [6.07, 6.45) is 4.61. The fourth-order valence-corrected chi connectivity index (χ4v) is 4.13. The number of methoxy groups -OCH3 is 1. The molecule has 0 bridgehead atoms. The molecule has 2 amide bonds. The lowest BCUT2D eigenvalue weighted by molar-refractivity contribution is 0.0855. The van der Waals surface area contributed by atoms with E-state index in [1.165, 1.54) is 5.56 Å². The number of amides is 2. The maximum atomic E-state index is 12.6. The van der Waals surface area contributed by atoms with Gasteiger partial charge in [0.05, 0.1) is 18.8 Å². The Morgan fingerprint density at radius 1 is 1.29 bits per heavy atom. The van der Waals surface area contributed by atoms with Crippen molar-refractivity contribution in [2.45, 2.75) is 39.0 Å². The molecular weight excluding hydrogens is 356 g/mol. The van der Waals surface area contributed by atoms with Gasteiger partial charge in [0.2, 0.25) is 0 Å². The smallest absolute Gasteiger partial charge is 0.323 e. The second-order valence-electron chi connectivity index (χ2n) is 8.46. The van der Waals surface area contributed by atoms with Crippen molar-refractivity contribution in [1.82, 2.24) is 14.9 Å². The van der Waals surface area contributed by atoms with E-state index in [-0.39, 0.29) is 11.4 Å². The molecule has 1 N–H and O–H groups in total. The quantitative estimate of drug-likeness (QED) is 0.871. The Morgan fingerprint density at radius 3 is 2.75 bits per heavy atom. The van der Waals surface area contributed by atoms with Crippen molar-refractivity contribution in [2.75, 3.05) is 38.7 Å². The Kier molecular flexibility index (Phi) is 5.10. The molecule has 0 aliphatic carbocycles. The number of likely N-dealkylation sites (tertiary alicyclic amines) is 1. The van der Waals surface area contributed by atoms with Crippen molar-refractivity contribution in [3.8, 4) is 5.75 Å². The van der Waals surface area contributed by atoms with Crippen molar-refractivity contribution in [3.63, 3.8) is 0 Å². The standard InChI is InChI=1S/C21H28N4O3/c1-21(2)8-9-25(13-21)20(26)24-17-12-22-18-15(14-6-10-28-11-7-14)4-5-16(27-3)19(18)23-17/h4-5,12,14H,6-11,13H2,1-3H3,(H,23,24,26). The number of hydrogen-bond acceptors (Lipinski definition) is 5. The number of ether oxygens (including phenoxy) is 2. The maximum absolute atomic E-state index is 12.6. The lowest BCUT2D eigenvalue weighted by Gasteiger charge is -2.23. The van der Waals surface area contributed by atoms with E-state index in [9.17, 15) is 4.79 Å². The highest BCUT2D eigenvalue weighted by atomic mass is 16.5. The molecule has 1 aromatic carbocycles. The monoisotopic (exact) mass is 384 g/mol. The predicted molar refractivity (Wildman–Crippen MR) is 108 cm³/mol. The normalized spacial score (nSPS) is 19.8. The number of rotatable bonds is 3. The second kappa shape index (κ2) is 7.54. The molecular formula is C21H28N4O3. The van der Waals surface area contributed by atoms with Crippen LogP contribution >= 0.6 is 0 Å². The van der Waals surface area contributed by atoms with Crippen LogP contribution in [-0.4, -0.2) is 54.3 Å². The second-order valence-corrected chi connectivity index (χ2v) is 8.46. The Labute approximate surface area is 165 Å². The number of anilines is 1. The molecule has 2 aromatic rings. The first kappa shape index (κ1) is 18.9. The summed E-state index contributed by atoms with van der Waals surface area (Å²) in [7, 11) is 1.63. The van der Waals surface area contributed by atoms with Crippen LogP contribution in [0.1, 0.15) is 44.6 Å². The summed E-state index contributed by atoms with van der Waals surface area (Å²) in [5, 5.41) is 2.90. The first-order chi connectivity index (χ1) is 13.5. The topological polar surface area (TPSA) is 76.6 Å². The van der Waals surface area contributed by atoms with E-state index in [0.717, 1.165) is 51.1 Å². The highest BCUT2D eigenvalue weighted by Gasteiger charge is 2.32. The molecule has 7 nitrogen and oxygen atoms in total. The van der Waals surface area contributed by atoms with Gasteiger partial charge in [0.1, 0.15) is 11.3 Å². The van der Waals surface area contributed by atoms with E-state index in [0.29, 0.717) is 23.0 Å². The van der Waals surface area contributed by atoms with Gasteiger partial charge in [0.15, 0.2) is 5.82 Å². The molecule has 7 heteroatoms. The summed E-state index contributed by atoms with van der Waals surface area (Å²) in [5.41, 5.74) is 2.86. The SMILES string of the molecule is COc1ccc(C2CCOCC2)c2ncc(NC(=O)N3CCC(C)(C)C3)nc12. The molecule has 3 heterocycles. The molecule has 28 heavy (non-hydrogen) atoms. The first-order valence-electron chi connectivity index (χ1n) is 9.94. The van der Waals surface area contributed by atoms with Gasteiger partial charge in [-0.1, -0.05) is 19.9 Å². The number of nitrogens with zero attached hydrogens (tertiary/aromatic N) is 3. The first-order valence-corrected chi connectivity index (χ1v) is 9.94. The number of carbonyl (C=O) groups excluding carboxylic acids is 1. The van der Waals surface area contributed by atoms with E-state index >= 15 is 0 Å². The summed E-state index contributed by atoms with van der Waals surface area (Å²) < 4.78 is 11.0. The molecule has 2 aliphatic rings. The number of fused-ring (bicyclic) bond motifs is 1. The summed E-state index contributed by atoms with van der Waals surface area (Å²) in [4.78, 5) is 23.8. The van der Waals surface area contributed by atoms with Crippen LogP contribution in [0.5, 0.6) is 5.75 Å². The van der Waals surface area contributed by atoms with Gasteiger partial charge in [-0.05, 0) is 42.2 Å². The highest BCUT2D eigenvalue weighted by molar-refractivity contribution is 5.91. The lowest BCUT2D eigenvalue weighted by Crippen LogP contribution is -2.34. The molecule has 0 saturated carbocycles. The summed E-state index contributed by atoms with van der Waals surface area (Å²) in [6, 6.07) is 3.89. The number of nitrogens with one attached hydrogen (secondary N) is 1. The average Bonchev–Trinajstić information content (AvgIpc) is 3.07. The van der Waals surface area contributed by atoms with E-state index in [4.69, 9.17) is 9.47 Å². The van der Waals surface area contributed by atoms with Crippen LogP contribution in [0, 0.1) is 5.41 Å². The molecule has 2 aliphatic heterocycles. The average molecular weight is 384 g/mol. The number of hydrogen-bond donors (Lipinski definition) is 1. The van der Waals surface area contributed by atoms with Crippen molar-refractivity contribution in [3.05, 3.63) is 23.9 Å². The van der Waals surface area contributed by atoms with E-state index < -0.39 is 0 Å². The summed E-state index contributed by atoms with van der Waals surface area (Å²) in [6.45, 7) is 7.41. The molecule has 0 atom stereocenters. The Morgan fingerprint density at radius 2 is 2.07 bits per heavy atom. The van der Waals surface area contributed by atoms with Gasteiger partial charge in [-0.2, -0.15) is 0 Å². The summed E-state index contributed by atoms with van der Waals surface area (Å²) in [5.74, 6) is 1.52. The highest BCUT2D eigenvalue weighted by Crippen LogP contribution is 2.35. The third kappa shape index (κ3) is 3.76. The van der Waals surface area contributed by atoms with E-state index in [2.05, 4.69) is 35.2 Å². The Balaban J connectivity index is 1.61. The van der Waals surface area contributed by atoms with Gasteiger partial charge < -0.3 is 14.4 Å². The molecule has 0 unspecified atom stereocenters. The maximum Gasteiger partial charge on any atom is 0.323 e. The van der Waals surface area contributed by atoms with Gasteiger partial charge in [0.25, 0.3) is 0 Å². The molecule has 4 rings (SSSR count). The van der Waals surface area contributed by atoms with Gasteiger partial charge >= 0.3 is 6.03 Å². The van der Waals surface area contributed by atoms with Gasteiger partial charge in [-0.3, -0.25) is 10.3 Å². The van der Waals surface area contributed by atoms with Crippen LogP contribution in [0.4, 0.5) is 10.6 Å². The Hall–Kier alpha value is -2.41.